The van der Waals surface area contributed by atoms with Crippen molar-refractivity contribution in [3.05, 3.63) is 34.1 Å². The number of nitrogens with two attached hydrogens (primary N) is 1. The third-order valence-corrected chi connectivity index (χ3v) is 5.39. The predicted octanol–water partition coefficient (Wildman–Crippen LogP) is 4.29. The molecule has 0 saturated carbocycles. The van der Waals surface area contributed by atoms with Crippen molar-refractivity contribution in [3.8, 4) is 0 Å². The highest BCUT2D eigenvalue weighted by atomic mass is 79.9. The standard InChI is InChI=1S/C14H18BrN3S2/c1-3-11(16)8-9-7-10(15)5-6-12(9)19-14-17-13(4-2)18-20-14/h5-7,11H,3-4,8,16H2,1-2H3. The van der Waals surface area contributed by atoms with Crippen LogP contribution in [-0.2, 0) is 12.8 Å². The van der Waals surface area contributed by atoms with Gasteiger partial charge >= 0.3 is 0 Å². The van der Waals surface area contributed by atoms with E-state index in [1.807, 2.05) is 0 Å². The quantitative estimate of drug-likeness (QED) is 0.822. The third-order valence-electron chi connectivity index (χ3n) is 2.99. The van der Waals surface area contributed by atoms with Crippen molar-refractivity contribution in [1.82, 2.24) is 9.36 Å². The van der Waals surface area contributed by atoms with Gasteiger partial charge in [-0.2, -0.15) is 4.37 Å². The first-order valence-corrected chi connectivity index (χ1v) is 9.05. The van der Waals surface area contributed by atoms with Gasteiger partial charge in [0, 0.05) is 21.8 Å². The van der Waals surface area contributed by atoms with Crippen molar-refractivity contribution in [3.63, 3.8) is 0 Å². The average Bonchev–Trinajstić information content (AvgIpc) is 2.89. The van der Waals surface area contributed by atoms with Crippen LogP contribution in [0.3, 0.4) is 0 Å². The Balaban J connectivity index is 2.21. The molecule has 0 radical (unpaired) electrons. The van der Waals surface area contributed by atoms with Crippen LogP contribution >= 0.6 is 39.2 Å². The monoisotopic (exact) mass is 371 g/mol. The fourth-order valence-corrected chi connectivity index (χ4v) is 3.94. The SMILES string of the molecule is CCc1nsc(Sc2ccc(Br)cc2CC(N)CC)n1. The second-order valence-corrected chi connectivity index (χ2v) is 7.51. The molecular weight excluding hydrogens is 354 g/mol. The lowest BCUT2D eigenvalue weighted by molar-refractivity contribution is 0.641. The number of hydrogen-bond acceptors (Lipinski definition) is 5. The zero-order valence-electron chi connectivity index (χ0n) is 11.6. The first-order chi connectivity index (χ1) is 9.62. The Labute approximate surface area is 136 Å². The zero-order chi connectivity index (χ0) is 14.5. The Bertz CT molecular complexity index is 571. The molecule has 2 N–H and O–H groups in total. The minimum Gasteiger partial charge on any atom is -0.327 e. The van der Waals surface area contributed by atoms with E-state index in [0.29, 0.717) is 0 Å². The van der Waals surface area contributed by atoms with Crippen LogP contribution in [0.4, 0.5) is 0 Å². The lowest BCUT2D eigenvalue weighted by atomic mass is 10.1. The van der Waals surface area contributed by atoms with E-state index in [2.05, 4.69) is 57.3 Å². The number of rotatable bonds is 6. The van der Waals surface area contributed by atoms with E-state index in [0.717, 1.165) is 33.9 Å². The van der Waals surface area contributed by atoms with E-state index in [4.69, 9.17) is 5.73 Å². The molecular formula is C14H18BrN3S2. The lowest BCUT2D eigenvalue weighted by Gasteiger charge is -2.12. The summed E-state index contributed by atoms with van der Waals surface area (Å²) in [4.78, 5) is 5.73. The van der Waals surface area contributed by atoms with E-state index in [9.17, 15) is 0 Å². The first-order valence-electron chi connectivity index (χ1n) is 6.66. The molecule has 1 heterocycles. The molecule has 1 unspecified atom stereocenters. The highest BCUT2D eigenvalue weighted by molar-refractivity contribution is 9.10. The topological polar surface area (TPSA) is 51.8 Å². The molecule has 0 fully saturated rings. The first kappa shape index (κ1) is 15.9. The summed E-state index contributed by atoms with van der Waals surface area (Å²) in [6.07, 6.45) is 2.75. The highest BCUT2D eigenvalue weighted by Crippen LogP contribution is 2.33. The molecule has 2 aromatic rings. The molecule has 20 heavy (non-hydrogen) atoms. The molecule has 2 rings (SSSR count). The Morgan fingerprint density at radius 3 is 2.85 bits per heavy atom. The van der Waals surface area contributed by atoms with Crippen LogP contribution in [0.15, 0.2) is 31.9 Å². The molecule has 0 aliphatic heterocycles. The summed E-state index contributed by atoms with van der Waals surface area (Å²) in [7, 11) is 0. The Morgan fingerprint density at radius 1 is 1.40 bits per heavy atom. The van der Waals surface area contributed by atoms with Crippen LogP contribution in [0.1, 0.15) is 31.7 Å². The molecule has 1 aromatic carbocycles. The second kappa shape index (κ2) is 7.54. The molecule has 0 aliphatic rings. The maximum atomic E-state index is 6.09. The minimum absolute atomic E-state index is 0.198. The summed E-state index contributed by atoms with van der Waals surface area (Å²) >= 11 is 6.68. The molecule has 0 saturated heterocycles. The molecule has 0 aliphatic carbocycles. The van der Waals surface area contributed by atoms with Crippen LogP contribution < -0.4 is 5.73 Å². The molecule has 6 heteroatoms. The number of hydrogen-bond donors (Lipinski definition) is 1. The fourth-order valence-electron chi connectivity index (χ4n) is 1.75. The zero-order valence-corrected chi connectivity index (χ0v) is 14.8. The average molecular weight is 372 g/mol. The van der Waals surface area contributed by atoms with Gasteiger partial charge in [-0.3, -0.25) is 0 Å². The smallest absolute Gasteiger partial charge is 0.174 e. The van der Waals surface area contributed by atoms with E-state index in [1.165, 1.54) is 22.0 Å². The molecule has 1 atom stereocenters. The van der Waals surface area contributed by atoms with E-state index < -0.39 is 0 Å². The van der Waals surface area contributed by atoms with E-state index in [1.54, 1.807) is 11.8 Å². The van der Waals surface area contributed by atoms with Crippen LogP contribution in [0.25, 0.3) is 0 Å². The normalized spacial score (nSPS) is 12.6. The molecule has 3 nitrogen and oxygen atoms in total. The summed E-state index contributed by atoms with van der Waals surface area (Å²) in [6, 6.07) is 6.54. The van der Waals surface area contributed by atoms with Crippen molar-refractivity contribution in [2.45, 2.75) is 48.4 Å². The summed E-state index contributed by atoms with van der Waals surface area (Å²) in [5.74, 6) is 0.918. The van der Waals surface area contributed by atoms with E-state index in [-0.39, 0.29) is 6.04 Å². The maximum Gasteiger partial charge on any atom is 0.174 e. The van der Waals surface area contributed by atoms with Crippen molar-refractivity contribution in [2.24, 2.45) is 5.73 Å². The number of benzene rings is 1. The number of aryl methyl sites for hydroxylation is 1. The van der Waals surface area contributed by atoms with Crippen LogP contribution in [0.5, 0.6) is 0 Å². The third kappa shape index (κ3) is 4.28. The van der Waals surface area contributed by atoms with Gasteiger partial charge in [0.25, 0.3) is 0 Å². The van der Waals surface area contributed by atoms with Gasteiger partial charge in [-0.25, -0.2) is 4.98 Å². The Morgan fingerprint density at radius 2 is 2.20 bits per heavy atom. The molecule has 108 valence electrons. The summed E-state index contributed by atoms with van der Waals surface area (Å²) < 4.78 is 6.42. The molecule has 0 bridgehead atoms. The predicted molar refractivity (Wildman–Crippen MR) is 89.5 cm³/mol. The number of nitrogens with zero attached hydrogens (tertiary/aromatic N) is 2. The Kier molecular flexibility index (Phi) is 6.01. The molecule has 1 aromatic heterocycles. The van der Waals surface area contributed by atoms with Crippen LogP contribution in [0.2, 0.25) is 0 Å². The number of halogens is 1. The van der Waals surface area contributed by atoms with Gasteiger partial charge < -0.3 is 5.73 Å². The van der Waals surface area contributed by atoms with Gasteiger partial charge in [-0.1, -0.05) is 41.5 Å². The van der Waals surface area contributed by atoms with Crippen molar-refractivity contribution in [2.75, 3.05) is 0 Å². The summed E-state index contributed by atoms with van der Waals surface area (Å²) in [5, 5.41) is 0. The van der Waals surface area contributed by atoms with Crippen molar-refractivity contribution in [1.29, 1.82) is 0 Å². The second-order valence-electron chi connectivity index (χ2n) is 4.56. The van der Waals surface area contributed by atoms with E-state index >= 15 is 0 Å². The van der Waals surface area contributed by atoms with Gasteiger partial charge in [0.2, 0.25) is 0 Å². The summed E-state index contributed by atoms with van der Waals surface area (Å²) in [5.41, 5.74) is 7.36. The van der Waals surface area contributed by atoms with Gasteiger partial charge in [0.15, 0.2) is 4.34 Å². The van der Waals surface area contributed by atoms with Crippen molar-refractivity contribution >= 4 is 39.2 Å². The highest BCUT2D eigenvalue weighted by Gasteiger charge is 2.11. The largest absolute Gasteiger partial charge is 0.327 e. The lowest BCUT2D eigenvalue weighted by Crippen LogP contribution is -2.21. The summed E-state index contributed by atoms with van der Waals surface area (Å²) in [6.45, 7) is 4.19. The van der Waals surface area contributed by atoms with Gasteiger partial charge in [-0.15, -0.1) is 0 Å². The molecule has 0 amide bonds. The van der Waals surface area contributed by atoms with Crippen LogP contribution in [-0.4, -0.2) is 15.4 Å². The Hall–Kier alpha value is -0.430. The van der Waals surface area contributed by atoms with Gasteiger partial charge in [0.1, 0.15) is 5.82 Å². The van der Waals surface area contributed by atoms with Crippen LogP contribution in [0, 0.1) is 0 Å². The fraction of sp³-hybridized carbons (Fsp3) is 0.429. The molecule has 0 spiro atoms. The maximum absolute atomic E-state index is 6.09. The number of aromatic nitrogens is 2. The van der Waals surface area contributed by atoms with Gasteiger partial charge in [0.05, 0.1) is 0 Å². The minimum atomic E-state index is 0.198. The van der Waals surface area contributed by atoms with Gasteiger partial charge in [-0.05, 0) is 48.1 Å². The van der Waals surface area contributed by atoms with Crippen molar-refractivity contribution < 1.29 is 0 Å².